The van der Waals surface area contributed by atoms with Gasteiger partial charge in [-0.2, -0.15) is 0 Å². The number of nitrogens with one attached hydrogen (secondary N) is 1. The Morgan fingerprint density at radius 1 is 1.26 bits per heavy atom. The van der Waals surface area contributed by atoms with E-state index in [2.05, 4.69) is 22.1 Å². The zero-order valence-corrected chi connectivity index (χ0v) is 17.7. The van der Waals surface area contributed by atoms with Crippen molar-refractivity contribution in [3.8, 4) is 5.75 Å². The van der Waals surface area contributed by atoms with E-state index in [4.69, 9.17) is 4.74 Å². The smallest absolute Gasteiger partial charge is 0.292 e. The topological polar surface area (TPSA) is 112 Å². The van der Waals surface area contributed by atoms with Gasteiger partial charge in [0.05, 0.1) is 17.8 Å². The third-order valence-corrected chi connectivity index (χ3v) is 5.30. The van der Waals surface area contributed by atoms with Gasteiger partial charge >= 0.3 is 0 Å². The lowest BCUT2D eigenvalue weighted by Gasteiger charge is -2.09. The van der Waals surface area contributed by atoms with Gasteiger partial charge in [0, 0.05) is 19.0 Å². The van der Waals surface area contributed by atoms with Gasteiger partial charge in [-0.1, -0.05) is 42.1 Å². The number of hydrogen-bond donors (Lipinski definition) is 1. The number of aromatic nitrogens is 3. The number of allylic oxidation sites excluding steroid dienone is 1. The molecule has 0 radical (unpaired) electrons. The average molecular weight is 439 g/mol. The second-order valence-electron chi connectivity index (χ2n) is 6.43. The number of anilines is 1. The Kier molecular flexibility index (Phi) is 7.39. The highest BCUT2D eigenvalue weighted by atomic mass is 32.2. The lowest BCUT2D eigenvalue weighted by molar-refractivity contribution is -0.383. The van der Waals surface area contributed by atoms with Crippen LogP contribution >= 0.6 is 11.8 Å². The molecule has 0 aliphatic carbocycles. The van der Waals surface area contributed by atoms with Crippen LogP contribution in [0.1, 0.15) is 11.4 Å². The Hall–Kier alpha value is -3.66. The largest absolute Gasteiger partial charge is 0.497 e. The minimum atomic E-state index is -0.533. The summed E-state index contributed by atoms with van der Waals surface area (Å²) in [4.78, 5) is 22.9. The van der Waals surface area contributed by atoms with Crippen molar-refractivity contribution in [1.82, 2.24) is 14.8 Å². The second kappa shape index (κ2) is 10.4. The number of benzene rings is 2. The van der Waals surface area contributed by atoms with Crippen LogP contribution in [0.15, 0.2) is 66.3 Å². The van der Waals surface area contributed by atoms with Crippen LogP contribution in [-0.4, -0.2) is 38.5 Å². The third-order valence-electron chi connectivity index (χ3n) is 4.33. The van der Waals surface area contributed by atoms with Crippen molar-refractivity contribution in [2.24, 2.45) is 0 Å². The minimum Gasteiger partial charge on any atom is -0.497 e. The number of amides is 1. The molecule has 1 aromatic heterocycles. The van der Waals surface area contributed by atoms with Gasteiger partial charge in [-0.05, 0) is 23.8 Å². The highest BCUT2D eigenvalue weighted by molar-refractivity contribution is 7.99. The molecule has 1 amide bonds. The number of carbonyl (C=O) groups is 1. The summed E-state index contributed by atoms with van der Waals surface area (Å²) in [5.41, 5.74) is 1.05. The summed E-state index contributed by atoms with van der Waals surface area (Å²) in [6.07, 6.45) is 2.30. The van der Waals surface area contributed by atoms with E-state index in [1.807, 2.05) is 28.8 Å². The number of hydrogen-bond acceptors (Lipinski definition) is 7. The number of nitro benzene ring substituents is 1. The SMILES string of the molecule is C=CCn1c(Cc2ccc(OC)cc2)nnc1SCC(=O)Nc1ccccc1[N+](=O)[O-]. The molecule has 0 saturated heterocycles. The van der Waals surface area contributed by atoms with Crippen LogP contribution in [-0.2, 0) is 17.8 Å². The molecule has 0 bridgehead atoms. The van der Waals surface area contributed by atoms with Crippen LogP contribution in [0.2, 0.25) is 0 Å². The molecule has 2 aromatic carbocycles. The molecule has 160 valence electrons. The minimum absolute atomic E-state index is 0.0316. The lowest BCUT2D eigenvalue weighted by atomic mass is 10.1. The van der Waals surface area contributed by atoms with Gasteiger partial charge in [0.1, 0.15) is 17.3 Å². The molecular weight excluding hydrogens is 418 g/mol. The Bertz CT molecular complexity index is 1080. The third kappa shape index (κ3) is 5.70. The van der Waals surface area contributed by atoms with Crippen LogP contribution in [0.4, 0.5) is 11.4 Å². The maximum Gasteiger partial charge on any atom is 0.292 e. The molecule has 10 heteroatoms. The van der Waals surface area contributed by atoms with E-state index in [0.717, 1.165) is 17.1 Å². The van der Waals surface area contributed by atoms with Crippen LogP contribution < -0.4 is 10.1 Å². The van der Waals surface area contributed by atoms with Crippen molar-refractivity contribution < 1.29 is 14.5 Å². The Morgan fingerprint density at radius 3 is 2.68 bits per heavy atom. The van der Waals surface area contributed by atoms with Crippen molar-refractivity contribution >= 4 is 29.0 Å². The molecule has 1 heterocycles. The average Bonchev–Trinajstić information content (AvgIpc) is 3.14. The zero-order chi connectivity index (χ0) is 22.2. The van der Waals surface area contributed by atoms with Crippen molar-refractivity contribution in [2.45, 2.75) is 18.1 Å². The molecule has 31 heavy (non-hydrogen) atoms. The standard InChI is InChI=1S/C21H21N5O4S/c1-3-12-25-19(13-15-8-10-16(30-2)11-9-15)23-24-21(25)31-14-20(27)22-17-6-4-5-7-18(17)26(28)29/h3-11H,1,12-14H2,2H3,(H,22,27). The normalized spacial score (nSPS) is 10.5. The van der Waals surface area contributed by atoms with E-state index < -0.39 is 4.92 Å². The van der Waals surface area contributed by atoms with E-state index in [-0.39, 0.29) is 23.0 Å². The van der Waals surface area contributed by atoms with Gasteiger partial charge in [0.25, 0.3) is 5.69 Å². The van der Waals surface area contributed by atoms with Crippen LogP contribution in [0.3, 0.4) is 0 Å². The predicted octanol–water partition coefficient (Wildman–Crippen LogP) is 3.70. The fourth-order valence-corrected chi connectivity index (χ4v) is 3.62. The number of nitrogens with zero attached hydrogens (tertiary/aromatic N) is 4. The number of methoxy groups -OCH3 is 1. The number of carbonyl (C=O) groups excluding carboxylic acids is 1. The maximum atomic E-state index is 12.3. The summed E-state index contributed by atoms with van der Waals surface area (Å²) in [5.74, 6) is 1.18. The zero-order valence-electron chi connectivity index (χ0n) is 16.9. The van der Waals surface area contributed by atoms with Crippen molar-refractivity contribution in [2.75, 3.05) is 18.2 Å². The summed E-state index contributed by atoms with van der Waals surface area (Å²) >= 11 is 1.21. The molecule has 1 N–H and O–H groups in total. The van der Waals surface area contributed by atoms with Crippen LogP contribution in [0.25, 0.3) is 0 Å². The summed E-state index contributed by atoms with van der Waals surface area (Å²) in [6, 6.07) is 13.7. The predicted molar refractivity (Wildman–Crippen MR) is 118 cm³/mol. The molecular formula is C21H21N5O4S. The fourth-order valence-electron chi connectivity index (χ4n) is 2.85. The summed E-state index contributed by atoms with van der Waals surface area (Å²) < 4.78 is 7.07. The summed E-state index contributed by atoms with van der Waals surface area (Å²) in [7, 11) is 1.62. The Labute approximate surface area is 183 Å². The van der Waals surface area contributed by atoms with Gasteiger partial charge in [0.15, 0.2) is 5.16 Å². The van der Waals surface area contributed by atoms with Gasteiger partial charge < -0.3 is 14.6 Å². The monoisotopic (exact) mass is 439 g/mol. The lowest BCUT2D eigenvalue weighted by Crippen LogP contribution is -2.15. The highest BCUT2D eigenvalue weighted by Crippen LogP contribution is 2.24. The molecule has 0 fully saturated rings. The molecule has 0 spiro atoms. The first-order valence-corrected chi connectivity index (χ1v) is 10.3. The van der Waals surface area contributed by atoms with Crippen molar-refractivity contribution in [3.05, 3.63) is 82.7 Å². The van der Waals surface area contributed by atoms with Gasteiger partial charge in [-0.15, -0.1) is 16.8 Å². The fraction of sp³-hybridized carbons (Fsp3) is 0.190. The van der Waals surface area contributed by atoms with E-state index in [1.54, 1.807) is 25.3 Å². The highest BCUT2D eigenvalue weighted by Gasteiger charge is 2.17. The molecule has 0 saturated carbocycles. The number of ether oxygens (including phenoxy) is 1. The molecule has 9 nitrogen and oxygen atoms in total. The molecule has 0 aliphatic rings. The quantitative estimate of drug-likeness (QED) is 0.222. The number of para-hydroxylation sites is 2. The van der Waals surface area contributed by atoms with Gasteiger partial charge in [-0.25, -0.2) is 0 Å². The maximum absolute atomic E-state index is 12.3. The van der Waals surface area contributed by atoms with E-state index in [9.17, 15) is 14.9 Å². The summed E-state index contributed by atoms with van der Waals surface area (Å²) in [5, 5.41) is 22.7. The van der Waals surface area contributed by atoms with Gasteiger partial charge in [-0.3, -0.25) is 14.9 Å². The first-order chi connectivity index (χ1) is 15.0. The van der Waals surface area contributed by atoms with Crippen LogP contribution in [0, 0.1) is 10.1 Å². The molecule has 0 aliphatic heterocycles. The van der Waals surface area contributed by atoms with Gasteiger partial charge in [0.2, 0.25) is 5.91 Å². The molecule has 0 atom stereocenters. The number of thioether (sulfide) groups is 1. The van der Waals surface area contributed by atoms with Crippen LogP contribution in [0.5, 0.6) is 5.75 Å². The van der Waals surface area contributed by atoms with Crippen molar-refractivity contribution in [3.63, 3.8) is 0 Å². The summed E-state index contributed by atoms with van der Waals surface area (Å²) in [6.45, 7) is 4.27. The molecule has 3 aromatic rings. The number of nitro groups is 1. The van der Waals surface area contributed by atoms with E-state index in [0.29, 0.717) is 18.1 Å². The Morgan fingerprint density at radius 2 is 2.00 bits per heavy atom. The van der Waals surface area contributed by atoms with E-state index >= 15 is 0 Å². The second-order valence-corrected chi connectivity index (χ2v) is 7.38. The van der Waals surface area contributed by atoms with Crippen molar-refractivity contribution in [1.29, 1.82) is 0 Å². The molecule has 3 rings (SSSR count). The van der Waals surface area contributed by atoms with E-state index in [1.165, 1.54) is 23.9 Å². The first kappa shape index (κ1) is 22.0. The molecule has 0 unspecified atom stereocenters. The number of rotatable bonds is 10. The Balaban J connectivity index is 1.68. The first-order valence-electron chi connectivity index (χ1n) is 9.33.